The highest BCUT2D eigenvalue weighted by Crippen LogP contribution is 2.22. The van der Waals surface area contributed by atoms with Gasteiger partial charge < -0.3 is 10.6 Å². The zero-order valence-corrected chi connectivity index (χ0v) is 10.2. The van der Waals surface area contributed by atoms with E-state index in [-0.39, 0.29) is 6.04 Å². The highest BCUT2D eigenvalue weighted by Gasteiger charge is 2.13. The first kappa shape index (κ1) is 11.4. The van der Waals surface area contributed by atoms with E-state index < -0.39 is 0 Å². The van der Waals surface area contributed by atoms with Crippen LogP contribution >= 0.6 is 0 Å². The lowest BCUT2D eigenvalue weighted by molar-refractivity contribution is 0.573. The van der Waals surface area contributed by atoms with Gasteiger partial charge in [-0.25, -0.2) is 4.98 Å². The van der Waals surface area contributed by atoms with Gasteiger partial charge in [0.05, 0.1) is 0 Å². The Labute approximate surface area is 97.7 Å². The van der Waals surface area contributed by atoms with Crippen molar-refractivity contribution in [2.45, 2.75) is 39.2 Å². The minimum absolute atomic E-state index is 0.0721. The summed E-state index contributed by atoms with van der Waals surface area (Å²) in [6, 6.07) is 2.24. The van der Waals surface area contributed by atoms with Gasteiger partial charge in [0.25, 0.3) is 0 Å². The third-order valence-electron chi connectivity index (χ3n) is 3.31. The molecular weight excluding hydrogens is 198 g/mol. The second-order valence-corrected chi connectivity index (χ2v) is 4.74. The summed E-state index contributed by atoms with van der Waals surface area (Å²) >= 11 is 0. The van der Waals surface area contributed by atoms with Gasteiger partial charge in [0.15, 0.2) is 0 Å². The molecule has 0 bridgehead atoms. The lowest BCUT2D eigenvalue weighted by Gasteiger charge is -2.28. The van der Waals surface area contributed by atoms with Crippen molar-refractivity contribution in [1.82, 2.24) is 4.98 Å². The number of hydrogen-bond acceptors (Lipinski definition) is 3. The summed E-state index contributed by atoms with van der Waals surface area (Å²) in [6.45, 7) is 6.41. The maximum Gasteiger partial charge on any atom is 0.128 e. The monoisotopic (exact) mass is 219 g/mol. The molecule has 2 N–H and O–H groups in total. The largest absolute Gasteiger partial charge is 0.357 e. The van der Waals surface area contributed by atoms with E-state index in [2.05, 4.69) is 22.9 Å². The van der Waals surface area contributed by atoms with Gasteiger partial charge in [-0.1, -0.05) is 0 Å². The molecule has 1 fully saturated rings. The second kappa shape index (κ2) is 4.83. The van der Waals surface area contributed by atoms with Gasteiger partial charge in [-0.2, -0.15) is 0 Å². The zero-order chi connectivity index (χ0) is 11.5. The van der Waals surface area contributed by atoms with Gasteiger partial charge >= 0.3 is 0 Å². The van der Waals surface area contributed by atoms with E-state index in [4.69, 9.17) is 5.73 Å². The Kier molecular flexibility index (Phi) is 3.44. The number of nitrogens with zero attached hydrogens (tertiary/aromatic N) is 2. The molecule has 0 amide bonds. The standard InChI is InChI=1S/C13H21N3/c1-10-8-13(15-9-12(10)11(2)14)16-6-4-3-5-7-16/h8-9,11H,3-7,14H2,1-2H3/t11-/m1/s1. The molecule has 1 aliphatic rings. The van der Waals surface area contributed by atoms with Crippen LogP contribution in [0.25, 0.3) is 0 Å². The van der Waals surface area contributed by atoms with Crippen LogP contribution in [0, 0.1) is 6.92 Å². The summed E-state index contributed by atoms with van der Waals surface area (Å²) < 4.78 is 0. The average molecular weight is 219 g/mol. The van der Waals surface area contributed by atoms with Gasteiger partial charge in [-0.3, -0.25) is 0 Å². The summed E-state index contributed by atoms with van der Waals surface area (Å²) in [5.74, 6) is 1.11. The molecule has 3 nitrogen and oxygen atoms in total. The fraction of sp³-hybridized carbons (Fsp3) is 0.615. The molecule has 1 aromatic heterocycles. The Morgan fingerprint density at radius 2 is 2.00 bits per heavy atom. The number of pyridine rings is 1. The van der Waals surface area contributed by atoms with Crippen LogP contribution in [0.5, 0.6) is 0 Å². The van der Waals surface area contributed by atoms with Crippen molar-refractivity contribution >= 4 is 5.82 Å². The molecule has 0 unspecified atom stereocenters. The highest BCUT2D eigenvalue weighted by atomic mass is 15.2. The molecule has 2 heterocycles. The van der Waals surface area contributed by atoms with E-state index >= 15 is 0 Å². The van der Waals surface area contributed by atoms with Gasteiger partial charge in [0, 0.05) is 25.3 Å². The number of nitrogens with two attached hydrogens (primary N) is 1. The van der Waals surface area contributed by atoms with E-state index in [1.807, 2.05) is 13.1 Å². The molecule has 0 saturated carbocycles. The number of aromatic nitrogens is 1. The molecule has 16 heavy (non-hydrogen) atoms. The van der Waals surface area contributed by atoms with E-state index in [1.165, 1.54) is 24.8 Å². The Balaban J connectivity index is 2.19. The van der Waals surface area contributed by atoms with E-state index in [0.717, 1.165) is 24.5 Å². The van der Waals surface area contributed by atoms with Crippen molar-refractivity contribution in [1.29, 1.82) is 0 Å². The van der Waals surface area contributed by atoms with Crippen LogP contribution in [0.15, 0.2) is 12.3 Å². The quantitative estimate of drug-likeness (QED) is 0.830. The zero-order valence-electron chi connectivity index (χ0n) is 10.2. The molecule has 2 rings (SSSR count). The first-order valence-electron chi connectivity index (χ1n) is 6.15. The third-order valence-corrected chi connectivity index (χ3v) is 3.31. The average Bonchev–Trinajstić information content (AvgIpc) is 2.29. The van der Waals surface area contributed by atoms with E-state index in [1.54, 1.807) is 0 Å². The molecule has 1 aromatic rings. The summed E-state index contributed by atoms with van der Waals surface area (Å²) in [6.07, 6.45) is 5.86. The number of hydrogen-bond donors (Lipinski definition) is 1. The van der Waals surface area contributed by atoms with Crippen LogP contribution in [-0.4, -0.2) is 18.1 Å². The van der Waals surface area contributed by atoms with Gasteiger partial charge in [0.1, 0.15) is 5.82 Å². The molecule has 0 spiro atoms. The lowest BCUT2D eigenvalue weighted by atomic mass is 10.1. The summed E-state index contributed by atoms with van der Waals surface area (Å²) in [7, 11) is 0. The van der Waals surface area contributed by atoms with Crippen molar-refractivity contribution in [3.63, 3.8) is 0 Å². The van der Waals surface area contributed by atoms with Crippen molar-refractivity contribution in [2.75, 3.05) is 18.0 Å². The van der Waals surface area contributed by atoms with Crippen LogP contribution in [0.4, 0.5) is 5.82 Å². The highest BCUT2D eigenvalue weighted by molar-refractivity contribution is 5.44. The Morgan fingerprint density at radius 3 is 2.56 bits per heavy atom. The van der Waals surface area contributed by atoms with Crippen molar-refractivity contribution in [2.24, 2.45) is 5.73 Å². The molecule has 3 heteroatoms. The minimum atomic E-state index is 0.0721. The smallest absolute Gasteiger partial charge is 0.128 e. The number of aryl methyl sites for hydroxylation is 1. The summed E-state index contributed by atoms with van der Waals surface area (Å²) in [4.78, 5) is 6.91. The number of rotatable bonds is 2. The Bertz CT molecular complexity index is 354. The maximum absolute atomic E-state index is 5.89. The van der Waals surface area contributed by atoms with E-state index in [0.29, 0.717) is 0 Å². The predicted molar refractivity (Wildman–Crippen MR) is 67.6 cm³/mol. The van der Waals surface area contributed by atoms with Crippen LogP contribution in [0.2, 0.25) is 0 Å². The van der Waals surface area contributed by atoms with Crippen LogP contribution in [0.1, 0.15) is 43.4 Å². The molecule has 1 aliphatic heterocycles. The topological polar surface area (TPSA) is 42.2 Å². The lowest BCUT2D eigenvalue weighted by Crippen LogP contribution is -2.30. The van der Waals surface area contributed by atoms with Crippen molar-refractivity contribution in [3.8, 4) is 0 Å². The van der Waals surface area contributed by atoms with Crippen molar-refractivity contribution < 1.29 is 0 Å². The molecule has 88 valence electrons. The van der Waals surface area contributed by atoms with Gasteiger partial charge in [-0.05, 0) is 50.3 Å². The molecule has 0 aromatic carbocycles. The Hall–Kier alpha value is -1.09. The predicted octanol–water partition coefficient (Wildman–Crippen LogP) is 2.40. The van der Waals surface area contributed by atoms with Crippen molar-refractivity contribution in [3.05, 3.63) is 23.4 Å². The van der Waals surface area contributed by atoms with Gasteiger partial charge in [0.2, 0.25) is 0 Å². The summed E-state index contributed by atoms with van der Waals surface area (Å²) in [5, 5.41) is 0. The summed E-state index contributed by atoms with van der Waals surface area (Å²) in [5.41, 5.74) is 8.30. The molecule has 1 atom stereocenters. The maximum atomic E-state index is 5.89. The fourth-order valence-corrected chi connectivity index (χ4v) is 2.32. The SMILES string of the molecule is Cc1cc(N2CCCCC2)ncc1[C@@H](C)N. The van der Waals surface area contributed by atoms with Gasteiger partial charge in [-0.15, -0.1) is 0 Å². The minimum Gasteiger partial charge on any atom is -0.357 e. The fourth-order valence-electron chi connectivity index (χ4n) is 2.32. The van der Waals surface area contributed by atoms with E-state index in [9.17, 15) is 0 Å². The van der Waals surface area contributed by atoms with Crippen LogP contribution < -0.4 is 10.6 Å². The Morgan fingerprint density at radius 1 is 1.31 bits per heavy atom. The molecular formula is C13H21N3. The first-order chi connectivity index (χ1) is 7.68. The second-order valence-electron chi connectivity index (χ2n) is 4.74. The molecule has 1 saturated heterocycles. The number of piperidine rings is 1. The normalized spacial score (nSPS) is 18.6. The number of anilines is 1. The molecule has 0 radical (unpaired) electrons. The van der Waals surface area contributed by atoms with Crippen LogP contribution in [-0.2, 0) is 0 Å². The van der Waals surface area contributed by atoms with Crippen LogP contribution in [0.3, 0.4) is 0 Å². The first-order valence-corrected chi connectivity index (χ1v) is 6.15. The third kappa shape index (κ3) is 2.35. The molecule has 0 aliphatic carbocycles.